The Morgan fingerprint density at radius 1 is 0.867 bits per heavy atom. The lowest BCUT2D eigenvalue weighted by Crippen LogP contribution is -2.31. The molecular formula is C6H6N2O7. The number of hydrogen-bond donors (Lipinski definition) is 2. The van der Waals surface area contributed by atoms with E-state index in [1.54, 1.807) is 0 Å². The number of ether oxygens (including phenoxy) is 2. The number of amides is 2. The SMILES string of the molecule is NC(=O)C(=O)OCC(=O)OC(=O)C(N)=O. The summed E-state index contributed by atoms with van der Waals surface area (Å²) in [6, 6.07) is 0. The Morgan fingerprint density at radius 3 is 1.73 bits per heavy atom. The van der Waals surface area contributed by atoms with Crippen LogP contribution in [0.15, 0.2) is 0 Å². The molecule has 4 N–H and O–H groups in total. The number of carbonyl (C=O) groups is 5. The predicted octanol–water partition coefficient (Wildman–Crippen LogP) is -3.43. The third-order valence-corrected chi connectivity index (χ3v) is 0.930. The molecule has 0 aromatic rings. The van der Waals surface area contributed by atoms with Gasteiger partial charge in [-0.15, -0.1) is 0 Å². The zero-order chi connectivity index (χ0) is 12.0. The van der Waals surface area contributed by atoms with Gasteiger partial charge in [0.15, 0.2) is 6.61 Å². The Kier molecular flexibility index (Phi) is 4.45. The summed E-state index contributed by atoms with van der Waals surface area (Å²) in [5.74, 6) is -7.32. The Morgan fingerprint density at radius 2 is 1.33 bits per heavy atom. The van der Waals surface area contributed by atoms with Crippen LogP contribution in [0.25, 0.3) is 0 Å². The average Bonchev–Trinajstić information content (AvgIpc) is 2.13. The first-order chi connectivity index (χ1) is 6.84. The second kappa shape index (κ2) is 5.32. The van der Waals surface area contributed by atoms with Gasteiger partial charge in [-0.3, -0.25) is 9.59 Å². The molecule has 0 radical (unpaired) electrons. The molecule has 0 rings (SSSR count). The van der Waals surface area contributed by atoms with Crippen molar-refractivity contribution in [3.63, 3.8) is 0 Å². The predicted molar refractivity (Wildman–Crippen MR) is 40.4 cm³/mol. The zero-order valence-corrected chi connectivity index (χ0v) is 7.22. The minimum absolute atomic E-state index is 1.03. The Balaban J connectivity index is 3.96. The molecule has 0 saturated heterocycles. The molecule has 0 aromatic heterocycles. The van der Waals surface area contributed by atoms with E-state index in [0.717, 1.165) is 0 Å². The van der Waals surface area contributed by atoms with Crippen molar-refractivity contribution in [1.29, 1.82) is 0 Å². The normalized spacial score (nSPS) is 8.80. The van der Waals surface area contributed by atoms with Gasteiger partial charge < -0.3 is 20.9 Å². The van der Waals surface area contributed by atoms with Crippen LogP contribution in [-0.4, -0.2) is 36.3 Å². The van der Waals surface area contributed by atoms with Gasteiger partial charge >= 0.3 is 29.7 Å². The molecule has 0 unspecified atom stereocenters. The molecule has 0 aromatic carbocycles. The highest BCUT2D eigenvalue weighted by atomic mass is 16.6. The van der Waals surface area contributed by atoms with Crippen LogP contribution in [-0.2, 0) is 33.4 Å². The molecular weight excluding hydrogens is 212 g/mol. The fraction of sp³-hybridized carbons (Fsp3) is 0.167. The fourth-order valence-corrected chi connectivity index (χ4v) is 0.379. The largest absolute Gasteiger partial charge is 0.447 e. The molecule has 82 valence electrons. The Labute approximate surface area is 82.3 Å². The maximum Gasteiger partial charge on any atom is 0.404 e. The van der Waals surface area contributed by atoms with E-state index < -0.39 is 36.3 Å². The molecule has 9 heteroatoms. The zero-order valence-electron chi connectivity index (χ0n) is 7.22. The molecule has 0 aliphatic rings. The maximum atomic E-state index is 10.6. The first-order valence-corrected chi connectivity index (χ1v) is 3.35. The van der Waals surface area contributed by atoms with E-state index in [0.29, 0.717) is 0 Å². The maximum absolute atomic E-state index is 10.6. The van der Waals surface area contributed by atoms with Crippen molar-refractivity contribution in [2.75, 3.05) is 6.61 Å². The number of esters is 3. The average molecular weight is 218 g/mol. The summed E-state index contributed by atoms with van der Waals surface area (Å²) in [6.07, 6.45) is 0. The highest BCUT2D eigenvalue weighted by Gasteiger charge is 2.18. The Hall–Kier alpha value is -2.45. The minimum atomic E-state index is -1.60. The molecule has 15 heavy (non-hydrogen) atoms. The highest BCUT2D eigenvalue weighted by molar-refractivity contribution is 6.34. The lowest BCUT2D eigenvalue weighted by molar-refractivity contribution is -0.170. The molecule has 0 saturated carbocycles. The van der Waals surface area contributed by atoms with Crippen LogP contribution in [0.5, 0.6) is 0 Å². The monoisotopic (exact) mass is 218 g/mol. The molecule has 2 amide bonds. The summed E-state index contributed by atoms with van der Waals surface area (Å²) < 4.78 is 7.71. The molecule has 0 aliphatic carbocycles. The summed E-state index contributed by atoms with van der Waals surface area (Å²) in [6.45, 7) is -1.03. The number of rotatable bonds is 2. The molecule has 9 nitrogen and oxygen atoms in total. The minimum Gasteiger partial charge on any atom is -0.447 e. The third kappa shape index (κ3) is 4.98. The van der Waals surface area contributed by atoms with Gasteiger partial charge in [-0.1, -0.05) is 0 Å². The molecule has 0 aliphatic heterocycles. The van der Waals surface area contributed by atoms with E-state index in [2.05, 4.69) is 20.9 Å². The standard InChI is InChI=1S/C6H6N2O7/c7-3(10)5(12)14-1-2(9)15-6(13)4(8)11/h1H2,(H2,7,10)(H2,8,11). The summed E-state index contributed by atoms with van der Waals surface area (Å²) in [5, 5.41) is 0. The first-order valence-electron chi connectivity index (χ1n) is 3.35. The smallest absolute Gasteiger partial charge is 0.404 e. The van der Waals surface area contributed by atoms with E-state index in [9.17, 15) is 24.0 Å². The van der Waals surface area contributed by atoms with Crippen molar-refractivity contribution >= 4 is 29.7 Å². The Bertz CT molecular complexity index is 334. The topological polar surface area (TPSA) is 156 Å². The van der Waals surface area contributed by atoms with Crippen LogP contribution in [0.3, 0.4) is 0 Å². The fourth-order valence-electron chi connectivity index (χ4n) is 0.379. The lowest BCUT2D eigenvalue weighted by atomic mass is 10.6. The van der Waals surface area contributed by atoms with Crippen molar-refractivity contribution in [2.45, 2.75) is 0 Å². The van der Waals surface area contributed by atoms with Gasteiger partial charge in [0.2, 0.25) is 0 Å². The van der Waals surface area contributed by atoms with E-state index in [-0.39, 0.29) is 0 Å². The van der Waals surface area contributed by atoms with E-state index in [1.807, 2.05) is 0 Å². The summed E-state index contributed by atoms with van der Waals surface area (Å²) in [7, 11) is 0. The van der Waals surface area contributed by atoms with Crippen molar-refractivity contribution in [1.82, 2.24) is 0 Å². The van der Waals surface area contributed by atoms with Crippen molar-refractivity contribution < 1.29 is 33.4 Å². The number of primary amides is 2. The van der Waals surface area contributed by atoms with Crippen LogP contribution in [0.4, 0.5) is 0 Å². The molecule has 0 bridgehead atoms. The van der Waals surface area contributed by atoms with Gasteiger partial charge in [0, 0.05) is 0 Å². The second-order valence-electron chi connectivity index (χ2n) is 2.07. The van der Waals surface area contributed by atoms with Crippen molar-refractivity contribution in [3.8, 4) is 0 Å². The summed E-state index contributed by atoms with van der Waals surface area (Å²) >= 11 is 0. The van der Waals surface area contributed by atoms with Crippen LogP contribution in [0.2, 0.25) is 0 Å². The number of nitrogens with two attached hydrogens (primary N) is 2. The van der Waals surface area contributed by atoms with Gasteiger partial charge in [0.05, 0.1) is 0 Å². The molecule has 0 heterocycles. The summed E-state index contributed by atoms with van der Waals surface area (Å²) in [5.41, 5.74) is 8.91. The molecule has 0 fully saturated rings. The van der Waals surface area contributed by atoms with E-state index in [4.69, 9.17) is 0 Å². The van der Waals surface area contributed by atoms with Gasteiger partial charge in [-0.2, -0.15) is 0 Å². The van der Waals surface area contributed by atoms with E-state index >= 15 is 0 Å². The number of carbonyl (C=O) groups excluding carboxylic acids is 5. The van der Waals surface area contributed by atoms with Gasteiger partial charge in [-0.25, -0.2) is 14.4 Å². The lowest BCUT2D eigenvalue weighted by Gasteiger charge is -2.00. The van der Waals surface area contributed by atoms with Crippen molar-refractivity contribution in [2.24, 2.45) is 11.5 Å². The molecule has 0 spiro atoms. The number of hydrogen-bond acceptors (Lipinski definition) is 7. The molecule has 0 atom stereocenters. The van der Waals surface area contributed by atoms with E-state index in [1.165, 1.54) is 0 Å². The summed E-state index contributed by atoms with van der Waals surface area (Å²) in [4.78, 5) is 51.6. The third-order valence-electron chi connectivity index (χ3n) is 0.930. The first kappa shape index (κ1) is 12.6. The van der Waals surface area contributed by atoms with Crippen LogP contribution in [0, 0.1) is 0 Å². The van der Waals surface area contributed by atoms with Crippen LogP contribution < -0.4 is 11.5 Å². The van der Waals surface area contributed by atoms with Gasteiger partial charge in [-0.05, 0) is 0 Å². The second-order valence-corrected chi connectivity index (χ2v) is 2.07. The quantitative estimate of drug-likeness (QED) is 0.277. The van der Waals surface area contributed by atoms with Crippen LogP contribution >= 0.6 is 0 Å². The van der Waals surface area contributed by atoms with Gasteiger partial charge in [0.25, 0.3) is 0 Å². The van der Waals surface area contributed by atoms with Crippen LogP contribution in [0.1, 0.15) is 0 Å². The van der Waals surface area contributed by atoms with Gasteiger partial charge in [0.1, 0.15) is 0 Å². The van der Waals surface area contributed by atoms with Crippen molar-refractivity contribution in [3.05, 3.63) is 0 Å². The highest BCUT2D eigenvalue weighted by Crippen LogP contribution is 1.84.